The Morgan fingerprint density at radius 1 is 1.36 bits per heavy atom. The second kappa shape index (κ2) is 7.73. The number of amides is 1. The average Bonchev–Trinajstić information content (AvgIpc) is 2.53. The van der Waals surface area contributed by atoms with Crippen LogP contribution < -0.4 is 5.32 Å². The van der Waals surface area contributed by atoms with E-state index in [9.17, 15) is 9.18 Å². The lowest BCUT2D eigenvalue weighted by Crippen LogP contribution is -2.48. The SMILES string of the molecule is CC(CCCO)NC(=O)C1(c2cccc(F)c2)CCCCC1. The smallest absolute Gasteiger partial charge is 0.230 e. The fourth-order valence-electron chi connectivity index (χ4n) is 3.42. The highest BCUT2D eigenvalue weighted by molar-refractivity contribution is 5.88. The molecule has 1 aliphatic rings. The van der Waals surface area contributed by atoms with Gasteiger partial charge in [0.2, 0.25) is 5.91 Å². The largest absolute Gasteiger partial charge is 0.396 e. The first kappa shape index (κ1) is 16.9. The van der Waals surface area contributed by atoms with E-state index in [1.165, 1.54) is 12.1 Å². The van der Waals surface area contributed by atoms with Crippen molar-refractivity contribution in [2.75, 3.05) is 6.61 Å². The third-order valence-electron chi connectivity index (χ3n) is 4.69. The summed E-state index contributed by atoms with van der Waals surface area (Å²) >= 11 is 0. The minimum absolute atomic E-state index is 0.00300. The molecular weight excluding hydrogens is 281 g/mol. The predicted octanol–water partition coefficient (Wildman–Crippen LogP) is 3.30. The monoisotopic (exact) mass is 307 g/mol. The fraction of sp³-hybridized carbons (Fsp3) is 0.611. The van der Waals surface area contributed by atoms with Gasteiger partial charge in [0, 0.05) is 12.6 Å². The van der Waals surface area contributed by atoms with Crippen molar-refractivity contribution >= 4 is 5.91 Å². The number of benzene rings is 1. The van der Waals surface area contributed by atoms with Crippen molar-refractivity contribution in [1.29, 1.82) is 0 Å². The second-order valence-electron chi connectivity index (χ2n) is 6.39. The summed E-state index contributed by atoms with van der Waals surface area (Å²) in [5, 5.41) is 12.0. The van der Waals surface area contributed by atoms with Crippen molar-refractivity contribution in [3.63, 3.8) is 0 Å². The van der Waals surface area contributed by atoms with Gasteiger partial charge in [-0.3, -0.25) is 4.79 Å². The zero-order chi connectivity index (χ0) is 16.0. The molecule has 4 heteroatoms. The Kier molecular flexibility index (Phi) is 5.95. The van der Waals surface area contributed by atoms with E-state index in [0.717, 1.165) is 44.1 Å². The van der Waals surface area contributed by atoms with E-state index in [4.69, 9.17) is 5.11 Å². The summed E-state index contributed by atoms with van der Waals surface area (Å²) in [4.78, 5) is 12.9. The van der Waals surface area contributed by atoms with Crippen LogP contribution in [0.1, 0.15) is 57.4 Å². The molecule has 1 aromatic carbocycles. The molecule has 0 saturated heterocycles. The average molecular weight is 307 g/mol. The Labute approximate surface area is 131 Å². The lowest BCUT2D eigenvalue weighted by Gasteiger charge is -2.37. The molecule has 1 aliphatic carbocycles. The summed E-state index contributed by atoms with van der Waals surface area (Å²) in [5.74, 6) is -0.285. The van der Waals surface area contributed by atoms with Gasteiger partial charge in [0.15, 0.2) is 0 Å². The van der Waals surface area contributed by atoms with Crippen molar-refractivity contribution in [2.45, 2.75) is 63.3 Å². The highest BCUT2D eigenvalue weighted by Gasteiger charge is 2.41. The van der Waals surface area contributed by atoms with Crippen LogP contribution in [0.15, 0.2) is 24.3 Å². The van der Waals surface area contributed by atoms with Crippen molar-refractivity contribution in [1.82, 2.24) is 5.32 Å². The van der Waals surface area contributed by atoms with Gasteiger partial charge >= 0.3 is 0 Å². The van der Waals surface area contributed by atoms with Gasteiger partial charge in [0.05, 0.1) is 5.41 Å². The third-order valence-corrected chi connectivity index (χ3v) is 4.69. The van der Waals surface area contributed by atoms with Gasteiger partial charge in [-0.25, -0.2) is 4.39 Å². The van der Waals surface area contributed by atoms with Crippen molar-refractivity contribution in [3.8, 4) is 0 Å². The summed E-state index contributed by atoms with van der Waals surface area (Å²) in [6, 6.07) is 6.49. The Bertz CT molecular complexity index is 498. The van der Waals surface area contributed by atoms with Crippen molar-refractivity contribution in [3.05, 3.63) is 35.6 Å². The normalized spacial score (nSPS) is 18.7. The fourth-order valence-corrected chi connectivity index (χ4v) is 3.42. The Morgan fingerprint density at radius 2 is 2.09 bits per heavy atom. The van der Waals surface area contributed by atoms with Crippen molar-refractivity contribution in [2.24, 2.45) is 0 Å². The Morgan fingerprint density at radius 3 is 2.73 bits per heavy atom. The lowest BCUT2D eigenvalue weighted by molar-refractivity contribution is -0.128. The number of aliphatic hydroxyl groups is 1. The number of carbonyl (C=O) groups excluding carboxylic acids is 1. The van der Waals surface area contributed by atoms with Gasteiger partial charge in [-0.15, -0.1) is 0 Å². The van der Waals surface area contributed by atoms with Crippen molar-refractivity contribution < 1.29 is 14.3 Å². The summed E-state index contributed by atoms with van der Waals surface area (Å²) in [6.07, 6.45) is 6.09. The van der Waals surface area contributed by atoms with E-state index in [1.807, 2.05) is 13.0 Å². The summed E-state index contributed by atoms with van der Waals surface area (Å²) < 4.78 is 13.6. The van der Waals surface area contributed by atoms with E-state index >= 15 is 0 Å². The molecule has 1 fully saturated rings. The third kappa shape index (κ3) is 3.86. The van der Waals surface area contributed by atoms with Crippen LogP contribution in [0.4, 0.5) is 4.39 Å². The summed E-state index contributed by atoms with van der Waals surface area (Å²) in [7, 11) is 0. The number of halogens is 1. The number of nitrogens with one attached hydrogen (secondary N) is 1. The maximum absolute atomic E-state index is 13.6. The molecule has 3 nitrogen and oxygen atoms in total. The summed E-state index contributed by atoms with van der Waals surface area (Å²) in [6.45, 7) is 2.09. The number of hydrogen-bond acceptors (Lipinski definition) is 2. The van der Waals surface area contributed by atoms with Gasteiger partial charge in [-0.05, 0) is 50.3 Å². The molecule has 1 amide bonds. The highest BCUT2D eigenvalue weighted by atomic mass is 19.1. The standard InChI is InChI=1S/C18H26FNO2/c1-14(7-6-12-21)20-17(22)18(10-3-2-4-11-18)15-8-5-9-16(19)13-15/h5,8-9,13-14,21H,2-4,6-7,10-12H2,1H3,(H,20,22). The molecule has 2 rings (SSSR count). The molecule has 0 bridgehead atoms. The van der Waals surface area contributed by atoms with Gasteiger partial charge in [-0.1, -0.05) is 31.4 Å². The van der Waals surface area contributed by atoms with Gasteiger partial charge < -0.3 is 10.4 Å². The molecule has 22 heavy (non-hydrogen) atoms. The van der Waals surface area contributed by atoms with E-state index in [2.05, 4.69) is 5.32 Å². The number of hydrogen-bond donors (Lipinski definition) is 2. The van der Waals surface area contributed by atoms with E-state index in [0.29, 0.717) is 6.42 Å². The first-order chi connectivity index (χ1) is 10.6. The molecule has 0 aliphatic heterocycles. The lowest BCUT2D eigenvalue weighted by atomic mass is 9.68. The molecule has 0 aromatic heterocycles. The second-order valence-corrected chi connectivity index (χ2v) is 6.39. The molecule has 0 radical (unpaired) electrons. The Balaban J connectivity index is 2.20. The maximum atomic E-state index is 13.6. The predicted molar refractivity (Wildman–Crippen MR) is 85.1 cm³/mol. The van der Waals surface area contributed by atoms with E-state index in [1.54, 1.807) is 6.07 Å². The zero-order valence-electron chi connectivity index (χ0n) is 13.3. The first-order valence-corrected chi connectivity index (χ1v) is 8.26. The van der Waals surface area contributed by atoms with Crippen LogP contribution in [0.3, 0.4) is 0 Å². The molecular formula is C18H26FNO2. The Hall–Kier alpha value is -1.42. The quantitative estimate of drug-likeness (QED) is 0.847. The highest BCUT2D eigenvalue weighted by Crippen LogP contribution is 2.40. The van der Waals surface area contributed by atoms with E-state index in [-0.39, 0.29) is 24.4 Å². The molecule has 1 saturated carbocycles. The zero-order valence-corrected chi connectivity index (χ0v) is 13.3. The maximum Gasteiger partial charge on any atom is 0.230 e. The first-order valence-electron chi connectivity index (χ1n) is 8.26. The van der Waals surface area contributed by atoms with Crippen LogP contribution in [0.2, 0.25) is 0 Å². The molecule has 1 atom stereocenters. The summed E-state index contributed by atoms with van der Waals surface area (Å²) in [5.41, 5.74) is 0.187. The number of aliphatic hydroxyl groups excluding tert-OH is 1. The van der Waals surface area contributed by atoms with Crippen LogP contribution in [-0.2, 0) is 10.2 Å². The molecule has 0 spiro atoms. The topological polar surface area (TPSA) is 49.3 Å². The van der Waals surface area contributed by atoms with Gasteiger partial charge in [0.25, 0.3) is 0 Å². The van der Waals surface area contributed by atoms with Crippen LogP contribution in [0, 0.1) is 5.82 Å². The minimum Gasteiger partial charge on any atom is -0.396 e. The molecule has 0 heterocycles. The molecule has 2 N–H and O–H groups in total. The minimum atomic E-state index is -0.603. The van der Waals surface area contributed by atoms with E-state index < -0.39 is 5.41 Å². The van der Waals surface area contributed by atoms with Crippen LogP contribution in [0.5, 0.6) is 0 Å². The van der Waals surface area contributed by atoms with Gasteiger partial charge in [-0.2, -0.15) is 0 Å². The van der Waals surface area contributed by atoms with Crippen LogP contribution in [0.25, 0.3) is 0 Å². The molecule has 122 valence electrons. The number of rotatable bonds is 6. The molecule has 1 unspecified atom stereocenters. The molecule has 1 aromatic rings. The van der Waals surface area contributed by atoms with Crippen LogP contribution >= 0.6 is 0 Å². The number of carbonyl (C=O) groups is 1. The van der Waals surface area contributed by atoms with Crippen LogP contribution in [-0.4, -0.2) is 23.7 Å². The van der Waals surface area contributed by atoms with Gasteiger partial charge in [0.1, 0.15) is 5.82 Å².